The predicted molar refractivity (Wildman–Crippen MR) is 78.2 cm³/mol. The van der Waals surface area contributed by atoms with E-state index >= 15 is 0 Å². The maximum atomic E-state index is 9.41. The van der Waals surface area contributed by atoms with E-state index < -0.39 is 0 Å². The lowest BCUT2D eigenvalue weighted by molar-refractivity contribution is 0.197. The summed E-state index contributed by atoms with van der Waals surface area (Å²) in [7, 11) is 0. The van der Waals surface area contributed by atoms with Crippen LogP contribution in [0.3, 0.4) is 0 Å². The highest BCUT2D eigenvalue weighted by molar-refractivity contribution is 5.82. The second kappa shape index (κ2) is 5.76. The Balaban J connectivity index is 2.26. The first-order chi connectivity index (χ1) is 9.04. The maximum absolute atomic E-state index is 9.41. The zero-order valence-electron chi connectivity index (χ0n) is 12.1. The van der Waals surface area contributed by atoms with Crippen molar-refractivity contribution < 1.29 is 9.52 Å². The number of aliphatic hydroxyl groups is 1. The minimum absolute atomic E-state index is 0.0858. The minimum atomic E-state index is 0.0858. The number of hydrogen-bond donors (Lipinski definition) is 2. The monoisotopic (exact) mass is 261 g/mol. The highest BCUT2D eigenvalue weighted by Crippen LogP contribution is 2.29. The highest BCUT2D eigenvalue weighted by atomic mass is 16.3. The molecule has 2 atom stereocenters. The lowest BCUT2D eigenvalue weighted by Gasteiger charge is -2.24. The van der Waals surface area contributed by atoms with Gasteiger partial charge in [-0.15, -0.1) is 0 Å². The van der Waals surface area contributed by atoms with Crippen LogP contribution in [-0.2, 0) is 0 Å². The van der Waals surface area contributed by atoms with E-state index in [1.807, 2.05) is 18.2 Å². The van der Waals surface area contributed by atoms with Crippen LogP contribution in [0.2, 0.25) is 0 Å². The van der Waals surface area contributed by atoms with Crippen molar-refractivity contribution >= 4 is 11.0 Å². The lowest BCUT2D eigenvalue weighted by Crippen LogP contribution is -2.38. The standard InChI is InChI=1S/C16H23NO2/c1-10(2)14(9-18)17-12(4)16-11(3)13-7-5-6-8-15(13)19-16/h5-8,10,12,14,17-18H,9H2,1-4H3/t12?,14-/m1/s1. The summed E-state index contributed by atoms with van der Waals surface area (Å²) in [5.41, 5.74) is 2.10. The fraction of sp³-hybridized carbons (Fsp3) is 0.500. The number of nitrogens with one attached hydrogen (secondary N) is 1. The van der Waals surface area contributed by atoms with Crippen molar-refractivity contribution in [1.82, 2.24) is 5.32 Å². The van der Waals surface area contributed by atoms with Gasteiger partial charge >= 0.3 is 0 Å². The molecule has 3 heteroatoms. The van der Waals surface area contributed by atoms with Crippen LogP contribution in [0.15, 0.2) is 28.7 Å². The third-order valence-electron chi connectivity index (χ3n) is 3.74. The summed E-state index contributed by atoms with van der Waals surface area (Å²) in [6, 6.07) is 8.25. The Hall–Kier alpha value is -1.32. The second-order valence-corrected chi connectivity index (χ2v) is 5.51. The normalized spacial score (nSPS) is 15.1. The molecule has 1 heterocycles. The molecular formula is C16H23NO2. The Kier molecular flexibility index (Phi) is 4.27. The molecule has 1 unspecified atom stereocenters. The van der Waals surface area contributed by atoms with Crippen LogP contribution in [-0.4, -0.2) is 17.8 Å². The zero-order chi connectivity index (χ0) is 14.0. The van der Waals surface area contributed by atoms with Crippen molar-refractivity contribution in [2.75, 3.05) is 6.61 Å². The molecule has 0 aliphatic carbocycles. The van der Waals surface area contributed by atoms with Crippen molar-refractivity contribution in [2.45, 2.75) is 39.8 Å². The summed E-state index contributed by atoms with van der Waals surface area (Å²) < 4.78 is 5.94. The van der Waals surface area contributed by atoms with E-state index in [1.165, 1.54) is 5.56 Å². The van der Waals surface area contributed by atoms with Crippen LogP contribution in [0.5, 0.6) is 0 Å². The first-order valence-electron chi connectivity index (χ1n) is 6.89. The van der Waals surface area contributed by atoms with Gasteiger partial charge in [-0.2, -0.15) is 0 Å². The number of fused-ring (bicyclic) bond motifs is 1. The van der Waals surface area contributed by atoms with Crippen LogP contribution in [0, 0.1) is 12.8 Å². The molecule has 0 fully saturated rings. The largest absolute Gasteiger partial charge is 0.459 e. The smallest absolute Gasteiger partial charge is 0.134 e. The number of rotatable bonds is 5. The second-order valence-electron chi connectivity index (χ2n) is 5.51. The molecule has 0 radical (unpaired) electrons. The topological polar surface area (TPSA) is 45.4 Å². The van der Waals surface area contributed by atoms with Crippen molar-refractivity contribution in [1.29, 1.82) is 0 Å². The summed E-state index contributed by atoms with van der Waals surface area (Å²) >= 11 is 0. The van der Waals surface area contributed by atoms with Gasteiger partial charge in [0.05, 0.1) is 12.6 Å². The summed E-state index contributed by atoms with van der Waals surface area (Å²) in [4.78, 5) is 0. The van der Waals surface area contributed by atoms with Gasteiger partial charge in [-0.05, 0) is 31.4 Å². The quantitative estimate of drug-likeness (QED) is 0.867. The molecule has 0 aliphatic rings. The molecule has 0 saturated heterocycles. The summed E-state index contributed by atoms with van der Waals surface area (Å²) in [6.45, 7) is 8.51. The number of para-hydroxylation sites is 1. The van der Waals surface area contributed by atoms with E-state index in [0.717, 1.165) is 16.7 Å². The summed E-state index contributed by atoms with van der Waals surface area (Å²) in [5.74, 6) is 1.34. The number of aryl methyl sites for hydroxylation is 1. The van der Waals surface area contributed by atoms with E-state index in [0.29, 0.717) is 5.92 Å². The lowest BCUT2D eigenvalue weighted by atomic mass is 10.0. The number of aliphatic hydroxyl groups excluding tert-OH is 1. The number of benzene rings is 1. The van der Waals surface area contributed by atoms with E-state index in [2.05, 4.69) is 39.1 Å². The van der Waals surface area contributed by atoms with E-state index in [4.69, 9.17) is 4.42 Å². The van der Waals surface area contributed by atoms with Gasteiger partial charge in [0.1, 0.15) is 11.3 Å². The van der Waals surface area contributed by atoms with Gasteiger partial charge in [0.2, 0.25) is 0 Å². The molecule has 104 valence electrons. The molecule has 3 nitrogen and oxygen atoms in total. The maximum Gasteiger partial charge on any atom is 0.134 e. The van der Waals surface area contributed by atoms with E-state index in [9.17, 15) is 5.11 Å². The van der Waals surface area contributed by atoms with E-state index in [-0.39, 0.29) is 18.7 Å². The van der Waals surface area contributed by atoms with Gasteiger partial charge in [0.15, 0.2) is 0 Å². The average molecular weight is 261 g/mol. The molecule has 0 spiro atoms. The summed E-state index contributed by atoms with van der Waals surface area (Å²) in [6.07, 6.45) is 0. The van der Waals surface area contributed by atoms with Crippen molar-refractivity contribution in [2.24, 2.45) is 5.92 Å². The van der Waals surface area contributed by atoms with Crippen LogP contribution in [0.1, 0.15) is 38.1 Å². The first-order valence-corrected chi connectivity index (χ1v) is 6.89. The average Bonchev–Trinajstić information content (AvgIpc) is 2.73. The molecule has 19 heavy (non-hydrogen) atoms. The molecule has 2 N–H and O–H groups in total. The van der Waals surface area contributed by atoms with Crippen LogP contribution in [0.25, 0.3) is 11.0 Å². The van der Waals surface area contributed by atoms with E-state index in [1.54, 1.807) is 0 Å². The Labute approximate surface area is 114 Å². The minimum Gasteiger partial charge on any atom is -0.459 e. The fourth-order valence-corrected chi connectivity index (χ4v) is 2.46. The molecule has 0 saturated carbocycles. The molecule has 0 bridgehead atoms. The van der Waals surface area contributed by atoms with Gasteiger partial charge in [0, 0.05) is 11.4 Å². The predicted octanol–water partition coefficient (Wildman–Crippen LogP) is 3.41. The Morgan fingerprint density at radius 3 is 2.47 bits per heavy atom. The van der Waals surface area contributed by atoms with Gasteiger partial charge in [-0.25, -0.2) is 0 Å². The fourth-order valence-electron chi connectivity index (χ4n) is 2.46. The zero-order valence-corrected chi connectivity index (χ0v) is 12.1. The molecule has 2 rings (SSSR count). The Morgan fingerprint density at radius 2 is 1.89 bits per heavy atom. The molecule has 2 aromatic rings. The van der Waals surface area contributed by atoms with Crippen LogP contribution >= 0.6 is 0 Å². The highest BCUT2D eigenvalue weighted by Gasteiger charge is 2.20. The van der Waals surface area contributed by atoms with Crippen molar-refractivity contribution in [3.8, 4) is 0 Å². The third-order valence-corrected chi connectivity index (χ3v) is 3.74. The Morgan fingerprint density at radius 1 is 1.21 bits per heavy atom. The third kappa shape index (κ3) is 2.82. The Bertz CT molecular complexity index is 545. The molecule has 1 aromatic carbocycles. The first kappa shape index (κ1) is 14.1. The van der Waals surface area contributed by atoms with Crippen LogP contribution < -0.4 is 5.32 Å². The van der Waals surface area contributed by atoms with Crippen LogP contribution in [0.4, 0.5) is 0 Å². The van der Waals surface area contributed by atoms with Gasteiger partial charge in [0.25, 0.3) is 0 Å². The molecule has 0 amide bonds. The van der Waals surface area contributed by atoms with Crippen molar-refractivity contribution in [3.05, 3.63) is 35.6 Å². The summed E-state index contributed by atoms with van der Waals surface area (Å²) in [5, 5.41) is 14.0. The molecule has 0 aliphatic heterocycles. The molecular weight excluding hydrogens is 238 g/mol. The van der Waals surface area contributed by atoms with Gasteiger partial charge < -0.3 is 14.8 Å². The van der Waals surface area contributed by atoms with Gasteiger partial charge in [-0.3, -0.25) is 0 Å². The number of furan rings is 1. The van der Waals surface area contributed by atoms with Gasteiger partial charge in [-0.1, -0.05) is 32.0 Å². The SMILES string of the molecule is Cc1c(C(C)N[C@H](CO)C(C)C)oc2ccccc12. The molecule has 1 aromatic heterocycles. The van der Waals surface area contributed by atoms with Crippen molar-refractivity contribution in [3.63, 3.8) is 0 Å². The number of hydrogen-bond acceptors (Lipinski definition) is 3.